The number of azide groups is 1. The molecule has 1 heterocycles. The highest BCUT2D eigenvalue weighted by atomic mass is 35.5. The van der Waals surface area contributed by atoms with Gasteiger partial charge in [0.2, 0.25) is 0 Å². The molecule has 0 aliphatic heterocycles. The van der Waals surface area contributed by atoms with Crippen molar-refractivity contribution in [2.75, 3.05) is 6.54 Å². The van der Waals surface area contributed by atoms with Gasteiger partial charge < -0.3 is 10.2 Å². The van der Waals surface area contributed by atoms with E-state index in [1.54, 1.807) is 0 Å². The molecule has 1 aromatic heterocycles. The van der Waals surface area contributed by atoms with Gasteiger partial charge in [-0.25, -0.2) is 4.98 Å². The van der Waals surface area contributed by atoms with E-state index in [0.717, 1.165) is 0 Å². The minimum atomic E-state index is -1.28. The maximum absolute atomic E-state index is 9.72. The fourth-order valence-corrected chi connectivity index (χ4v) is 1.48. The van der Waals surface area contributed by atoms with Gasteiger partial charge in [-0.1, -0.05) is 28.3 Å². The summed E-state index contributed by atoms with van der Waals surface area (Å²) in [6, 6.07) is 1.43. The number of aliphatic hydroxyl groups is 2. The summed E-state index contributed by atoms with van der Waals surface area (Å²) in [5.74, 6) is 0. The molecule has 86 valence electrons. The van der Waals surface area contributed by atoms with E-state index in [4.69, 9.17) is 28.7 Å². The first-order valence-corrected chi connectivity index (χ1v) is 5.00. The summed E-state index contributed by atoms with van der Waals surface area (Å²) in [7, 11) is 0. The second-order valence-electron chi connectivity index (χ2n) is 2.93. The van der Waals surface area contributed by atoms with Crippen LogP contribution in [0.1, 0.15) is 11.7 Å². The van der Waals surface area contributed by atoms with E-state index in [1.165, 1.54) is 12.3 Å². The third-order valence-corrected chi connectivity index (χ3v) is 2.67. The molecule has 0 bridgehead atoms. The monoisotopic (exact) mass is 262 g/mol. The summed E-state index contributed by atoms with van der Waals surface area (Å²) in [4.78, 5) is 6.18. The Morgan fingerprint density at radius 3 is 2.81 bits per heavy atom. The van der Waals surface area contributed by atoms with Crippen LogP contribution in [0.25, 0.3) is 10.4 Å². The standard InChI is InChI=1S/C8H8Cl2N4O2/c9-6-4(1-2-12-8(6)10)7(16)5(15)3-13-14-11/h1-2,5,7,15-16H,3H2. The molecule has 8 heteroatoms. The number of aliphatic hydroxyl groups excluding tert-OH is 2. The maximum atomic E-state index is 9.72. The zero-order chi connectivity index (χ0) is 12.1. The maximum Gasteiger partial charge on any atom is 0.147 e. The van der Waals surface area contributed by atoms with Gasteiger partial charge in [0.1, 0.15) is 11.3 Å². The molecule has 1 rings (SSSR count). The molecule has 0 radical (unpaired) electrons. The number of nitrogens with zero attached hydrogens (tertiary/aromatic N) is 4. The molecule has 0 aliphatic carbocycles. The van der Waals surface area contributed by atoms with Crippen LogP contribution in [0.2, 0.25) is 10.2 Å². The van der Waals surface area contributed by atoms with Gasteiger partial charge in [-0.15, -0.1) is 0 Å². The van der Waals surface area contributed by atoms with Crippen molar-refractivity contribution in [3.05, 3.63) is 38.4 Å². The first-order chi connectivity index (χ1) is 7.57. The quantitative estimate of drug-likeness (QED) is 0.376. The Balaban J connectivity index is 2.91. The average molecular weight is 263 g/mol. The van der Waals surface area contributed by atoms with Crippen LogP contribution >= 0.6 is 23.2 Å². The molecule has 0 fully saturated rings. The second kappa shape index (κ2) is 5.89. The van der Waals surface area contributed by atoms with Crippen LogP contribution < -0.4 is 0 Å². The molecule has 16 heavy (non-hydrogen) atoms. The SMILES string of the molecule is [N-]=[N+]=NCC(O)C(O)c1ccnc(Cl)c1Cl. The Labute approximate surface area is 101 Å². The van der Waals surface area contributed by atoms with Gasteiger partial charge in [-0.2, -0.15) is 0 Å². The summed E-state index contributed by atoms with van der Waals surface area (Å²) in [6.07, 6.45) is -1.17. The van der Waals surface area contributed by atoms with E-state index in [1.807, 2.05) is 0 Å². The Morgan fingerprint density at radius 1 is 1.50 bits per heavy atom. The topological polar surface area (TPSA) is 102 Å². The van der Waals surface area contributed by atoms with Crippen LogP contribution in [-0.4, -0.2) is 27.8 Å². The number of rotatable bonds is 4. The summed E-state index contributed by atoms with van der Waals surface area (Å²) >= 11 is 11.4. The number of halogens is 2. The molecule has 0 amide bonds. The van der Waals surface area contributed by atoms with Gasteiger partial charge in [-0.3, -0.25) is 0 Å². The van der Waals surface area contributed by atoms with Crippen LogP contribution in [0, 0.1) is 0 Å². The first-order valence-electron chi connectivity index (χ1n) is 4.24. The highest BCUT2D eigenvalue weighted by Crippen LogP contribution is 2.29. The lowest BCUT2D eigenvalue weighted by molar-refractivity contribution is 0.0244. The summed E-state index contributed by atoms with van der Waals surface area (Å²) in [5.41, 5.74) is 8.31. The van der Waals surface area contributed by atoms with Crippen molar-refractivity contribution < 1.29 is 10.2 Å². The highest BCUT2D eigenvalue weighted by molar-refractivity contribution is 6.41. The Hall–Kier alpha value is -1.04. The molecule has 2 N–H and O–H groups in total. The molecular formula is C8H8Cl2N4O2. The van der Waals surface area contributed by atoms with E-state index in [9.17, 15) is 10.2 Å². The summed E-state index contributed by atoms with van der Waals surface area (Å²) < 4.78 is 0. The molecule has 1 aromatic rings. The van der Waals surface area contributed by atoms with Crippen LogP contribution in [0.5, 0.6) is 0 Å². The largest absolute Gasteiger partial charge is 0.390 e. The molecule has 0 aliphatic rings. The third-order valence-electron chi connectivity index (χ3n) is 1.89. The van der Waals surface area contributed by atoms with Gasteiger partial charge in [0.25, 0.3) is 0 Å². The van der Waals surface area contributed by atoms with Crippen molar-refractivity contribution in [3.8, 4) is 0 Å². The van der Waals surface area contributed by atoms with Gasteiger partial charge in [0.15, 0.2) is 0 Å². The fourth-order valence-electron chi connectivity index (χ4n) is 1.09. The molecule has 0 saturated carbocycles. The molecule has 2 atom stereocenters. The van der Waals surface area contributed by atoms with Gasteiger partial charge in [0, 0.05) is 16.7 Å². The van der Waals surface area contributed by atoms with E-state index in [-0.39, 0.29) is 22.3 Å². The lowest BCUT2D eigenvalue weighted by atomic mass is 10.1. The predicted molar refractivity (Wildman–Crippen MR) is 59.2 cm³/mol. The van der Waals surface area contributed by atoms with Gasteiger partial charge >= 0.3 is 0 Å². The second-order valence-corrected chi connectivity index (χ2v) is 3.67. The van der Waals surface area contributed by atoms with Crippen molar-refractivity contribution in [2.45, 2.75) is 12.2 Å². The summed E-state index contributed by atoms with van der Waals surface area (Å²) in [6.45, 7) is -0.256. The van der Waals surface area contributed by atoms with Crippen LogP contribution in [-0.2, 0) is 0 Å². The summed E-state index contributed by atoms with van der Waals surface area (Å²) in [5, 5.41) is 22.4. The number of aromatic nitrogens is 1. The van der Waals surface area contributed by atoms with Crippen molar-refractivity contribution >= 4 is 23.2 Å². The Bertz CT molecular complexity index is 422. The number of pyridine rings is 1. The lowest BCUT2D eigenvalue weighted by Crippen LogP contribution is -2.21. The Kier molecular flexibility index (Phi) is 4.79. The molecule has 0 saturated heterocycles. The third kappa shape index (κ3) is 2.98. The minimum Gasteiger partial charge on any atom is -0.390 e. The number of hydrogen-bond acceptors (Lipinski definition) is 4. The predicted octanol–water partition coefficient (Wildman–Crippen LogP) is 2.09. The zero-order valence-electron chi connectivity index (χ0n) is 7.96. The van der Waals surface area contributed by atoms with Crippen molar-refractivity contribution in [3.63, 3.8) is 0 Å². The van der Waals surface area contributed by atoms with E-state index < -0.39 is 12.2 Å². The van der Waals surface area contributed by atoms with Crippen LogP contribution in [0.3, 0.4) is 0 Å². The highest BCUT2D eigenvalue weighted by Gasteiger charge is 2.21. The molecular weight excluding hydrogens is 255 g/mol. The first kappa shape index (κ1) is 13.0. The van der Waals surface area contributed by atoms with Gasteiger partial charge in [-0.05, 0) is 11.6 Å². The van der Waals surface area contributed by atoms with Crippen LogP contribution in [0.4, 0.5) is 0 Å². The number of hydrogen-bond donors (Lipinski definition) is 2. The van der Waals surface area contributed by atoms with Gasteiger partial charge in [0.05, 0.1) is 17.7 Å². The molecule has 0 spiro atoms. The van der Waals surface area contributed by atoms with Crippen molar-refractivity contribution in [2.24, 2.45) is 5.11 Å². The van der Waals surface area contributed by atoms with Crippen LogP contribution in [0.15, 0.2) is 17.4 Å². The molecule has 6 nitrogen and oxygen atoms in total. The normalized spacial score (nSPS) is 14.0. The molecule has 0 aromatic carbocycles. The zero-order valence-corrected chi connectivity index (χ0v) is 9.47. The minimum absolute atomic E-state index is 0.0363. The average Bonchev–Trinajstić information content (AvgIpc) is 2.28. The van der Waals surface area contributed by atoms with E-state index in [0.29, 0.717) is 0 Å². The fraction of sp³-hybridized carbons (Fsp3) is 0.375. The smallest absolute Gasteiger partial charge is 0.147 e. The Morgan fingerprint density at radius 2 is 2.19 bits per heavy atom. The lowest BCUT2D eigenvalue weighted by Gasteiger charge is -2.17. The van der Waals surface area contributed by atoms with E-state index >= 15 is 0 Å². The van der Waals surface area contributed by atoms with Crippen molar-refractivity contribution in [1.29, 1.82) is 0 Å². The van der Waals surface area contributed by atoms with E-state index in [2.05, 4.69) is 15.0 Å². The van der Waals surface area contributed by atoms with Crippen molar-refractivity contribution in [1.82, 2.24) is 4.98 Å². The molecule has 2 unspecified atom stereocenters.